The summed E-state index contributed by atoms with van der Waals surface area (Å²) in [4.78, 5) is 2.94. The van der Waals surface area contributed by atoms with Crippen molar-refractivity contribution in [3.05, 3.63) is 0 Å². The molecule has 0 aromatic heterocycles. The van der Waals surface area contributed by atoms with E-state index < -0.39 is 0 Å². The highest BCUT2D eigenvalue weighted by atomic mass is 15.2. The van der Waals surface area contributed by atoms with Crippen LogP contribution in [0.1, 0.15) is 58.8 Å². The molecule has 1 N–H and O–H groups in total. The fourth-order valence-corrected chi connectivity index (χ4v) is 4.48. The summed E-state index contributed by atoms with van der Waals surface area (Å²) in [5.74, 6) is 2.80. The van der Waals surface area contributed by atoms with Gasteiger partial charge in [-0.05, 0) is 75.8 Å². The lowest BCUT2D eigenvalue weighted by Gasteiger charge is -2.42. The predicted molar refractivity (Wildman–Crippen MR) is 81.3 cm³/mol. The number of hydrogen-bond donors (Lipinski definition) is 1. The van der Waals surface area contributed by atoms with E-state index >= 15 is 0 Å². The van der Waals surface area contributed by atoms with E-state index in [4.69, 9.17) is 0 Å². The van der Waals surface area contributed by atoms with Crippen molar-refractivity contribution in [1.82, 2.24) is 10.2 Å². The minimum Gasteiger partial charge on any atom is -0.316 e. The molecule has 110 valence electrons. The molecular formula is C17H32N2. The van der Waals surface area contributed by atoms with Crippen molar-refractivity contribution in [3.63, 3.8) is 0 Å². The van der Waals surface area contributed by atoms with E-state index in [0.717, 1.165) is 29.8 Å². The van der Waals surface area contributed by atoms with Gasteiger partial charge in [0.15, 0.2) is 0 Å². The highest BCUT2D eigenvalue weighted by Crippen LogP contribution is 2.38. The molecule has 19 heavy (non-hydrogen) atoms. The second-order valence-corrected chi connectivity index (χ2v) is 7.60. The second kappa shape index (κ2) is 6.13. The van der Waals surface area contributed by atoms with Crippen LogP contribution in [0.15, 0.2) is 0 Å². The lowest BCUT2D eigenvalue weighted by Crippen LogP contribution is -2.48. The molecule has 0 amide bonds. The smallest absolute Gasteiger partial charge is 0.0124 e. The first-order valence-corrected chi connectivity index (χ1v) is 8.70. The summed E-state index contributed by atoms with van der Waals surface area (Å²) in [6.07, 6.45) is 10.2. The quantitative estimate of drug-likeness (QED) is 0.838. The lowest BCUT2D eigenvalue weighted by atomic mass is 9.78. The molecule has 0 aromatic rings. The summed E-state index contributed by atoms with van der Waals surface area (Å²) < 4.78 is 0. The molecule has 0 bridgehead atoms. The van der Waals surface area contributed by atoms with Gasteiger partial charge in [-0.3, -0.25) is 4.90 Å². The zero-order valence-electron chi connectivity index (χ0n) is 12.9. The Balaban J connectivity index is 1.60. The van der Waals surface area contributed by atoms with Gasteiger partial charge in [0.05, 0.1) is 0 Å². The largest absolute Gasteiger partial charge is 0.316 e. The van der Waals surface area contributed by atoms with Crippen LogP contribution in [0.5, 0.6) is 0 Å². The third-order valence-corrected chi connectivity index (χ3v) is 5.70. The molecule has 0 aromatic carbocycles. The molecule has 1 aliphatic heterocycles. The van der Waals surface area contributed by atoms with Crippen LogP contribution < -0.4 is 5.32 Å². The van der Waals surface area contributed by atoms with Gasteiger partial charge >= 0.3 is 0 Å². The van der Waals surface area contributed by atoms with Crippen LogP contribution in [0.2, 0.25) is 0 Å². The maximum atomic E-state index is 3.59. The number of piperidine rings is 1. The zero-order chi connectivity index (χ0) is 13.2. The first-order valence-electron chi connectivity index (χ1n) is 8.70. The summed E-state index contributed by atoms with van der Waals surface area (Å²) in [6, 6.07) is 1.84. The number of rotatable bonds is 4. The van der Waals surface area contributed by atoms with Gasteiger partial charge in [0, 0.05) is 18.6 Å². The highest BCUT2D eigenvalue weighted by Gasteiger charge is 2.39. The van der Waals surface area contributed by atoms with Gasteiger partial charge < -0.3 is 5.32 Å². The molecule has 3 aliphatic rings. The van der Waals surface area contributed by atoms with Crippen LogP contribution in [-0.2, 0) is 0 Å². The molecule has 1 heterocycles. The first-order chi connectivity index (χ1) is 9.24. The van der Waals surface area contributed by atoms with Gasteiger partial charge in [-0.25, -0.2) is 0 Å². The topological polar surface area (TPSA) is 15.3 Å². The van der Waals surface area contributed by atoms with E-state index in [1.165, 1.54) is 64.6 Å². The Kier molecular flexibility index (Phi) is 4.48. The van der Waals surface area contributed by atoms with Crippen molar-refractivity contribution < 1.29 is 0 Å². The van der Waals surface area contributed by atoms with Crippen LogP contribution in [0, 0.1) is 17.8 Å². The third kappa shape index (κ3) is 3.52. The standard InChI is InChI=1S/C17H32N2/c1-13-5-8-17(14(2)10-13)19(16-6-7-16)12-15-4-3-9-18-11-15/h13-18H,3-12H2,1-2H3. The number of nitrogens with one attached hydrogen (secondary N) is 1. The fraction of sp³-hybridized carbons (Fsp3) is 1.00. The monoisotopic (exact) mass is 264 g/mol. The van der Waals surface area contributed by atoms with E-state index in [9.17, 15) is 0 Å². The first kappa shape index (κ1) is 13.9. The summed E-state index contributed by atoms with van der Waals surface area (Å²) in [6.45, 7) is 8.84. The normalized spacial score (nSPS) is 40.6. The molecule has 4 atom stereocenters. The molecule has 2 saturated carbocycles. The van der Waals surface area contributed by atoms with Crippen LogP contribution in [0.3, 0.4) is 0 Å². The third-order valence-electron chi connectivity index (χ3n) is 5.70. The Bertz CT molecular complexity index is 281. The lowest BCUT2D eigenvalue weighted by molar-refractivity contribution is 0.0674. The van der Waals surface area contributed by atoms with Crippen LogP contribution in [-0.4, -0.2) is 36.6 Å². The van der Waals surface area contributed by atoms with Gasteiger partial charge in [0.25, 0.3) is 0 Å². The summed E-state index contributed by atoms with van der Waals surface area (Å²) >= 11 is 0. The van der Waals surface area contributed by atoms with E-state index in [1.807, 2.05) is 0 Å². The Hall–Kier alpha value is -0.0800. The molecular weight excluding hydrogens is 232 g/mol. The molecule has 3 fully saturated rings. The zero-order valence-corrected chi connectivity index (χ0v) is 12.9. The van der Waals surface area contributed by atoms with Crippen molar-refractivity contribution >= 4 is 0 Å². The van der Waals surface area contributed by atoms with Crippen LogP contribution >= 0.6 is 0 Å². The summed E-state index contributed by atoms with van der Waals surface area (Å²) in [5.41, 5.74) is 0. The average Bonchev–Trinajstić information content (AvgIpc) is 3.22. The summed E-state index contributed by atoms with van der Waals surface area (Å²) in [5, 5.41) is 3.59. The molecule has 2 heteroatoms. The molecule has 2 aliphatic carbocycles. The molecule has 0 radical (unpaired) electrons. The Morgan fingerprint density at radius 1 is 1.05 bits per heavy atom. The van der Waals surface area contributed by atoms with Crippen LogP contribution in [0.25, 0.3) is 0 Å². The van der Waals surface area contributed by atoms with E-state index in [-0.39, 0.29) is 0 Å². The summed E-state index contributed by atoms with van der Waals surface area (Å²) in [7, 11) is 0. The minimum absolute atomic E-state index is 0.894. The highest BCUT2D eigenvalue weighted by molar-refractivity contribution is 4.94. The second-order valence-electron chi connectivity index (χ2n) is 7.60. The van der Waals surface area contributed by atoms with Crippen molar-refractivity contribution in [3.8, 4) is 0 Å². The van der Waals surface area contributed by atoms with Gasteiger partial charge in [-0.2, -0.15) is 0 Å². The van der Waals surface area contributed by atoms with E-state index in [1.54, 1.807) is 0 Å². The van der Waals surface area contributed by atoms with Gasteiger partial charge in [-0.1, -0.05) is 13.8 Å². The predicted octanol–water partition coefficient (Wildman–Crippen LogP) is 3.28. The van der Waals surface area contributed by atoms with Crippen molar-refractivity contribution in [2.24, 2.45) is 17.8 Å². The van der Waals surface area contributed by atoms with E-state index in [0.29, 0.717) is 0 Å². The molecule has 0 spiro atoms. The van der Waals surface area contributed by atoms with Crippen LogP contribution in [0.4, 0.5) is 0 Å². The number of nitrogens with zero attached hydrogens (tertiary/aromatic N) is 1. The van der Waals surface area contributed by atoms with Crippen molar-refractivity contribution in [2.45, 2.75) is 70.9 Å². The fourth-order valence-electron chi connectivity index (χ4n) is 4.48. The molecule has 1 saturated heterocycles. The Morgan fingerprint density at radius 3 is 2.53 bits per heavy atom. The Labute approximate surface area is 119 Å². The number of hydrogen-bond acceptors (Lipinski definition) is 2. The SMILES string of the molecule is CC1CCC(N(CC2CCCNC2)C2CC2)C(C)C1. The van der Waals surface area contributed by atoms with Gasteiger partial charge in [-0.15, -0.1) is 0 Å². The van der Waals surface area contributed by atoms with E-state index in [2.05, 4.69) is 24.1 Å². The minimum atomic E-state index is 0.894. The van der Waals surface area contributed by atoms with Gasteiger partial charge in [0.2, 0.25) is 0 Å². The Morgan fingerprint density at radius 2 is 1.89 bits per heavy atom. The van der Waals surface area contributed by atoms with Crippen molar-refractivity contribution in [2.75, 3.05) is 19.6 Å². The average molecular weight is 264 g/mol. The maximum absolute atomic E-state index is 3.59. The molecule has 2 nitrogen and oxygen atoms in total. The van der Waals surface area contributed by atoms with Gasteiger partial charge in [0.1, 0.15) is 0 Å². The maximum Gasteiger partial charge on any atom is 0.0124 e. The van der Waals surface area contributed by atoms with Crippen molar-refractivity contribution in [1.29, 1.82) is 0 Å². The molecule has 3 rings (SSSR count). The molecule has 4 unspecified atom stereocenters.